The summed E-state index contributed by atoms with van der Waals surface area (Å²) in [6, 6.07) is 0. The largest absolute Gasteiger partial charge is 0.374 e. The maximum Gasteiger partial charge on any atom is 0.225 e. The van der Waals surface area contributed by atoms with Crippen LogP contribution in [0.25, 0.3) is 0 Å². The van der Waals surface area contributed by atoms with E-state index in [0.717, 1.165) is 0 Å². The molecule has 0 bridgehead atoms. The van der Waals surface area contributed by atoms with Crippen molar-refractivity contribution in [3.63, 3.8) is 0 Å². The van der Waals surface area contributed by atoms with Gasteiger partial charge in [0.15, 0.2) is 0 Å². The molecule has 1 aromatic heterocycles. The Balaban J connectivity index is 2.36. The van der Waals surface area contributed by atoms with Gasteiger partial charge in [-0.3, -0.25) is 0 Å². The number of anilines is 2. The normalized spacial score (nSPS) is 34.2. The number of rotatable bonds is 1. The second-order valence-corrected chi connectivity index (χ2v) is 4.34. The van der Waals surface area contributed by atoms with Crippen LogP contribution in [0.4, 0.5) is 11.9 Å². The fraction of sp³-hybridized carbons (Fsp3) is 0.700. The van der Waals surface area contributed by atoms with E-state index in [1.807, 2.05) is 6.92 Å². The lowest BCUT2D eigenvalue weighted by molar-refractivity contribution is 0.0553. The molecule has 4 atom stereocenters. The van der Waals surface area contributed by atoms with Crippen molar-refractivity contribution in [3.05, 3.63) is 5.82 Å². The standard InChI is InChI=1S/C10H17N5O/c1-4-5(2)16-6(3)7(4)8-13-9(11)15-10(12)14-8/h4-7H,1-3H3,(H4,11,12,13,14,15). The van der Waals surface area contributed by atoms with Crippen LogP contribution in [0.3, 0.4) is 0 Å². The average molecular weight is 223 g/mol. The van der Waals surface area contributed by atoms with Crippen molar-refractivity contribution in [2.45, 2.75) is 38.9 Å². The highest BCUT2D eigenvalue weighted by molar-refractivity contribution is 5.27. The van der Waals surface area contributed by atoms with Crippen LogP contribution >= 0.6 is 0 Å². The Hall–Kier alpha value is -1.43. The molecule has 2 heterocycles. The molecule has 4 unspecified atom stereocenters. The number of nitrogen functional groups attached to an aromatic ring is 2. The smallest absolute Gasteiger partial charge is 0.225 e. The molecular formula is C10H17N5O. The number of ether oxygens (including phenoxy) is 1. The predicted molar refractivity (Wildman–Crippen MR) is 60.6 cm³/mol. The van der Waals surface area contributed by atoms with E-state index in [4.69, 9.17) is 16.2 Å². The van der Waals surface area contributed by atoms with Gasteiger partial charge in [0.05, 0.1) is 18.1 Å². The van der Waals surface area contributed by atoms with Crippen LogP contribution in [0.1, 0.15) is 32.5 Å². The Labute approximate surface area is 94.4 Å². The molecule has 1 aliphatic heterocycles. The molecule has 0 saturated carbocycles. The van der Waals surface area contributed by atoms with Gasteiger partial charge in [0.2, 0.25) is 11.9 Å². The topological polar surface area (TPSA) is 99.9 Å². The lowest BCUT2D eigenvalue weighted by atomic mass is 9.89. The monoisotopic (exact) mass is 223 g/mol. The first kappa shape index (κ1) is 11.1. The molecule has 0 spiro atoms. The van der Waals surface area contributed by atoms with Crippen LogP contribution in [0.2, 0.25) is 0 Å². The van der Waals surface area contributed by atoms with E-state index in [1.54, 1.807) is 0 Å². The van der Waals surface area contributed by atoms with E-state index in [1.165, 1.54) is 0 Å². The molecule has 6 heteroatoms. The highest BCUT2D eigenvalue weighted by atomic mass is 16.5. The number of nitrogens with zero attached hydrogens (tertiary/aromatic N) is 3. The van der Waals surface area contributed by atoms with Crippen molar-refractivity contribution < 1.29 is 4.74 Å². The van der Waals surface area contributed by atoms with Gasteiger partial charge in [0.1, 0.15) is 5.82 Å². The molecule has 16 heavy (non-hydrogen) atoms. The molecule has 88 valence electrons. The fourth-order valence-corrected chi connectivity index (χ4v) is 2.29. The van der Waals surface area contributed by atoms with Gasteiger partial charge in [0, 0.05) is 0 Å². The Kier molecular flexibility index (Phi) is 2.67. The van der Waals surface area contributed by atoms with E-state index in [-0.39, 0.29) is 30.0 Å². The first-order valence-electron chi connectivity index (χ1n) is 5.41. The molecule has 1 saturated heterocycles. The zero-order valence-electron chi connectivity index (χ0n) is 9.71. The van der Waals surface area contributed by atoms with Gasteiger partial charge in [-0.15, -0.1) is 0 Å². The van der Waals surface area contributed by atoms with E-state index < -0.39 is 0 Å². The third-order valence-electron chi connectivity index (χ3n) is 3.23. The number of aromatic nitrogens is 3. The molecule has 4 N–H and O–H groups in total. The number of nitrogens with two attached hydrogens (primary N) is 2. The van der Waals surface area contributed by atoms with Crippen LogP contribution < -0.4 is 11.5 Å². The van der Waals surface area contributed by atoms with Crippen LogP contribution in [0, 0.1) is 5.92 Å². The fourth-order valence-electron chi connectivity index (χ4n) is 2.29. The summed E-state index contributed by atoms with van der Waals surface area (Å²) in [7, 11) is 0. The highest BCUT2D eigenvalue weighted by Crippen LogP contribution is 2.38. The van der Waals surface area contributed by atoms with Gasteiger partial charge in [-0.25, -0.2) is 0 Å². The lowest BCUT2D eigenvalue weighted by Gasteiger charge is -2.16. The van der Waals surface area contributed by atoms with Crippen molar-refractivity contribution in [2.24, 2.45) is 5.92 Å². The van der Waals surface area contributed by atoms with Gasteiger partial charge in [-0.2, -0.15) is 15.0 Å². The summed E-state index contributed by atoms with van der Waals surface area (Å²) in [5.74, 6) is 1.44. The zero-order chi connectivity index (χ0) is 11.9. The third-order valence-corrected chi connectivity index (χ3v) is 3.23. The molecule has 0 amide bonds. The first-order chi connectivity index (χ1) is 7.49. The van der Waals surface area contributed by atoms with Crippen molar-refractivity contribution in [1.82, 2.24) is 15.0 Å². The lowest BCUT2D eigenvalue weighted by Crippen LogP contribution is -2.20. The molecular weight excluding hydrogens is 206 g/mol. The molecule has 1 aliphatic rings. The van der Waals surface area contributed by atoms with Crippen molar-refractivity contribution in [2.75, 3.05) is 11.5 Å². The third kappa shape index (κ3) is 1.80. The maximum atomic E-state index is 5.74. The summed E-state index contributed by atoms with van der Waals surface area (Å²) in [6.07, 6.45) is 0.269. The molecule has 0 aromatic carbocycles. The Morgan fingerprint density at radius 3 is 1.94 bits per heavy atom. The minimum absolute atomic E-state index is 0.0752. The molecule has 6 nitrogen and oxygen atoms in total. The van der Waals surface area contributed by atoms with Gasteiger partial charge >= 0.3 is 0 Å². The maximum absolute atomic E-state index is 5.74. The minimum Gasteiger partial charge on any atom is -0.374 e. The summed E-state index contributed by atoms with van der Waals surface area (Å²) in [4.78, 5) is 12.1. The summed E-state index contributed by atoms with van der Waals surface area (Å²) < 4.78 is 5.74. The Morgan fingerprint density at radius 2 is 1.50 bits per heavy atom. The van der Waals surface area contributed by atoms with E-state index in [2.05, 4.69) is 28.8 Å². The van der Waals surface area contributed by atoms with Crippen LogP contribution in [-0.4, -0.2) is 27.2 Å². The van der Waals surface area contributed by atoms with E-state index in [0.29, 0.717) is 11.7 Å². The van der Waals surface area contributed by atoms with Crippen molar-refractivity contribution in [3.8, 4) is 0 Å². The minimum atomic E-state index is 0.0752. The van der Waals surface area contributed by atoms with Gasteiger partial charge < -0.3 is 16.2 Å². The Morgan fingerprint density at radius 1 is 0.938 bits per heavy atom. The van der Waals surface area contributed by atoms with E-state index >= 15 is 0 Å². The second-order valence-electron chi connectivity index (χ2n) is 4.34. The summed E-state index contributed by atoms with van der Waals surface area (Å²) in [5, 5.41) is 0. The SMILES string of the molecule is CC1OC(C)C(c2nc(N)nc(N)n2)C1C. The van der Waals surface area contributed by atoms with Crippen LogP contribution in [0.5, 0.6) is 0 Å². The molecule has 2 rings (SSSR count). The van der Waals surface area contributed by atoms with Crippen molar-refractivity contribution >= 4 is 11.9 Å². The summed E-state index contributed by atoms with van der Waals surface area (Å²) in [5.41, 5.74) is 11.1. The summed E-state index contributed by atoms with van der Waals surface area (Å²) >= 11 is 0. The number of hydrogen-bond acceptors (Lipinski definition) is 6. The molecule has 0 aliphatic carbocycles. The molecule has 1 aromatic rings. The van der Waals surface area contributed by atoms with Crippen molar-refractivity contribution in [1.29, 1.82) is 0 Å². The second kappa shape index (κ2) is 3.86. The highest BCUT2D eigenvalue weighted by Gasteiger charge is 2.39. The van der Waals surface area contributed by atoms with E-state index in [9.17, 15) is 0 Å². The quantitative estimate of drug-likeness (QED) is 0.721. The summed E-state index contributed by atoms with van der Waals surface area (Å²) in [6.45, 7) is 6.19. The molecule has 1 fully saturated rings. The van der Waals surface area contributed by atoms with Gasteiger partial charge in [-0.1, -0.05) is 6.92 Å². The Bertz CT molecular complexity index is 377. The van der Waals surface area contributed by atoms with Gasteiger partial charge in [0.25, 0.3) is 0 Å². The van der Waals surface area contributed by atoms with Crippen LogP contribution in [0.15, 0.2) is 0 Å². The average Bonchev–Trinajstić information content (AvgIpc) is 2.39. The zero-order valence-corrected chi connectivity index (χ0v) is 9.71. The van der Waals surface area contributed by atoms with Crippen LogP contribution in [-0.2, 0) is 4.74 Å². The molecule has 0 radical (unpaired) electrons. The predicted octanol–water partition coefficient (Wildman–Crippen LogP) is 0.563. The first-order valence-corrected chi connectivity index (χ1v) is 5.41. The number of hydrogen-bond donors (Lipinski definition) is 2. The van der Waals surface area contributed by atoms with Gasteiger partial charge in [-0.05, 0) is 19.8 Å².